The highest BCUT2D eigenvalue weighted by Crippen LogP contribution is 2.29. The number of hydrogen-bond acceptors (Lipinski definition) is 4. The van der Waals surface area contributed by atoms with Gasteiger partial charge in [0.05, 0.1) is 6.61 Å². The maximum atomic E-state index is 11.9. The molecule has 1 saturated carbocycles. The summed E-state index contributed by atoms with van der Waals surface area (Å²) in [5.74, 6) is -1.36. The molecule has 0 spiro atoms. The quantitative estimate of drug-likeness (QED) is 0.723. The first kappa shape index (κ1) is 14.7. The molecule has 5 nitrogen and oxygen atoms in total. The van der Waals surface area contributed by atoms with Crippen LogP contribution in [-0.2, 0) is 16.2 Å². The van der Waals surface area contributed by atoms with E-state index >= 15 is 0 Å². The van der Waals surface area contributed by atoms with Crippen molar-refractivity contribution < 1.29 is 19.8 Å². The van der Waals surface area contributed by atoms with Crippen molar-refractivity contribution in [3.05, 3.63) is 28.0 Å². The zero-order chi connectivity index (χ0) is 14.6. The molecule has 2 rings (SSSR count). The maximum Gasteiger partial charge on any atom is 0.329 e. The molecular formula is C14H17NO4S. The second-order valence-corrected chi connectivity index (χ2v) is 5.88. The summed E-state index contributed by atoms with van der Waals surface area (Å²) in [7, 11) is 0. The van der Waals surface area contributed by atoms with Crippen molar-refractivity contribution in [3.8, 4) is 0 Å². The highest BCUT2D eigenvalue weighted by atomic mass is 32.1. The lowest BCUT2D eigenvalue weighted by Gasteiger charge is -2.24. The summed E-state index contributed by atoms with van der Waals surface area (Å²) < 4.78 is 0. The van der Waals surface area contributed by atoms with Gasteiger partial charge in [-0.05, 0) is 35.9 Å². The molecule has 0 saturated heterocycles. The van der Waals surface area contributed by atoms with Crippen LogP contribution in [0, 0.1) is 0 Å². The van der Waals surface area contributed by atoms with Crippen LogP contribution in [0.2, 0.25) is 0 Å². The predicted molar refractivity (Wildman–Crippen MR) is 76.3 cm³/mol. The molecular weight excluding hydrogens is 278 g/mol. The zero-order valence-electron chi connectivity index (χ0n) is 11.0. The fourth-order valence-corrected chi connectivity index (χ4v) is 3.17. The molecule has 0 unspecified atom stereocenters. The van der Waals surface area contributed by atoms with Gasteiger partial charge in [-0.25, -0.2) is 4.79 Å². The number of rotatable bonds is 5. The van der Waals surface area contributed by atoms with Crippen LogP contribution in [0.3, 0.4) is 0 Å². The third-order valence-corrected chi connectivity index (χ3v) is 4.43. The lowest BCUT2D eigenvalue weighted by molar-refractivity contribution is -0.146. The summed E-state index contributed by atoms with van der Waals surface area (Å²) >= 11 is 1.42. The van der Waals surface area contributed by atoms with Crippen LogP contribution in [0.1, 0.15) is 36.1 Å². The Labute approximate surface area is 120 Å². The molecule has 1 aromatic heterocycles. The first-order valence-electron chi connectivity index (χ1n) is 6.48. The lowest BCUT2D eigenvalue weighted by atomic mass is 9.98. The smallest absolute Gasteiger partial charge is 0.329 e. The number of carboxylic acids is 1. The summed E-state index contributed by atoms with van der Waals surface area (Å²) in [5, 5.41) is 22.6. The predicted octanol–water partition coefficient (Wildman–Crippen LogP) is 1.77. The molecule has 0 bridgehead atoms. The second kappa shape index (κ2) is 6.19. The molecule has 6 heteroatoms. The minimum atomic E-state index is -1.10. The number of amides is 1. The van der Waals surface area contributed by atoms with E-state index < -0.39 is 17.4 Å². The Hall–Kier alpha value is -1.66. The number of thiophene rings is 1. The molecule has 3 N–H and O–H groups in total. The first-order valence-corrected chi connectivity index (χ1v) is 7.35. The number of aliphatic hydroxyl groups excluding tert-OH is 1. The third-order valence-electron chi connectivity index (χ3n) is 3.48. The molecule has 20 heavy (non-hydrogen) atoms. The van der Waals surface area contributed by atoms with E-state index in [1.165, 1.54) is 17.4 Å². The molecule has 0 aromatic carbocycles. The molecule has 108 valence electrons. The van der Waals surface area contributed by atoms with E-state index in [2.05, 4.69) is 5.32 Å². The number of hydrogen-bond donors (Lipinski definition) is 3. The number of aliphatic hydroxyl groups is 1. The van der Waals surface area contributed by atoms with E-state index in [4.69, 9.17) is 5.11 Å². The number of aliphatic carboxylic acids is 1. The molecule has 1 heterocycles. The van der Waals surface area contributed by atoms with Crippen molar-refractivity contribution in [3.63, 3.8) is 0 Å². The van der Waals surface area contributed by atoms with E-state index in [1.54, 1.807) is 12.1 Å². The minimum absolute atomic E-state index is 0.0291. The van der Waals surface area contributed by atoms with Gasteiger partial charge >= 0.3 is 5.97 Å². The van der Waals surface area contributed by atoms with Crippen molar-refractivity contribution in [2.75, 3.05) is 0 Å². The van der Waals surface area contributed by atoms with Gasteiger partial charge in [0.2, 0.25) is 5.91 Å². The number of carbonyl (C=O) groups is 2. The molecule has 0 radical (unpaired) electrons. The standard InChI is InChI=1S/C14H17NO4S/c16-8-10-7-11(20-9-10)3-4-12(17)15-14(13(18)19)5-1-2-6-14/h3-4,7,9,16H,1-2,5-6,8H2,(H,15,17)(H,18,19). The Bertz CT molecular complexity index is 529. The molecule has 1 aliphatic carbocycles. The monoisotopic (exact) mass is 295 g/mol. The van der Waals surface area contributed by atoms with Crippen molar-refractivity contribution in [1.82, 2.24) is 5.32 Å². The number of carbonyl (C=O) groups excluding carboxylic acids is 1. The van der Waals surface area contributed by atoms with Gasteiger partial charge in [-0.1, -0.05) is 12.8 Å². The Morgan fingerprint density at radius 3 is 2.65 bits per heavy atom. The summed E-state index contributed by atoms with van der Waals surface area (Å²) in [6.07, 6.45) is 5.58. The van der Waals surface area contributed by atoms with E-state index in [0.29, 0.717) is 12.8 Å². The van der Waals surface area contributed by atoms with Crippen molar-refractivity contribution in [1.29, 1.82) is 0 Å². The highest BCUT2D eigenvalue weighted by molar-refractivity contribution is 7.11. The van der Waals surface area contributed by atoms with E-state index in [1.807, 2.05) is 5.38 Å². The Morgan fingerprint density at radius 2 is 2.10 bits per heavy atom. The first-order chi connectivity index (χ1) is 9.55. The Balaban J connectivity index is 1.99. The van der Waals surface area contributed by atoms with Crippen molar-refractivity contribution >= 4 is 29.3 Å². The van der Waals surface area contributed by atoms with Gasteiger partial charge in [-0.2, -0.15) is 0 Å². The van der Waals surface area contributed by atoms with E-state index in [9.17, 15) is 14.7 Å². The summed E-state index contributed by atoms with van der Waals surface area (Å²) in [5.41, 5.74) is -0.305. The SMILES string of the molecule is O=C(C=Cc1cc(CO)cs1)NC1(C(=O)O)CCCC1. The third kappa shape index (κ3) is 3.26. The van der Waals surface area contributed by atoms with Crippen molar-refractivity contribution in [2.45, 2.75) is 37.8 Å². The van der Waals surface area contributed by atoms with E-state index in [-0.39, 0.29) is 6.61 Å². The highest BCUT2D eigenvalue weighted by Gasteiger charge is 2.42. The van der Waals surface area contributed by atoms with Crippen LogP contribution in [0.4, 0.5) is 0 Å². The minimum Gasteiger partial charge on any atom is -0.480 e. The van der Waals surface area contributed by atoms with Gasteiger partial charge < -0.3 is 15.5 Å². The lowest BCUT2D eigenvalue weighted by Crippen LogP contribution is -2.52. The fraction of sp³-hybridized carbons (Fsp3) is 0.429. The molecule has 0 aliphatic heterocycles. The topological polar surface area (TPSA) is 86.6 Å². The fourth-order valence-electron chi connectivity index (χ4n) is 2.37. The largest absolute Gasteiger partial charge is 0.480 e. The number of carboxylic acid groups (broad SMARTS) is 1. The van der Waals surface area contributed by atoms with Crippen LogP contribution in [0.25, 0.3) is 6.08 Å². The van der Waals surface area contributed by atoms with Crippen LogP contribution < -0.4 is 5.32 Å². The molecule has 0 atom stereocenters. The molecule has 1 amide bonds. The van der Waals surface area contributed by atoms with Gasteiger partial charge in [-0.3, -0.25) is 4.79 Å². The Kier molecular flexibility index (Phi) is 4.57. The molecule has 1 aromatic rings. The van der Waals surface area contributed by atoms with Gasteiger partial charge in [0.25, 0.3) is 0 Å². The van der Waals surface area contributed by atoms with Gasteiger partial charge in [0.15, 0.2) is 0 Å². The van der Waals surface area contributed by atoms with Gasteiger partial charge in [0.1, 0.15) is 5.54 Å². The summed E-state index contributed by atoms with van der Waals surface area (Å²) in [6, 6.07) is 1.79. The average molecular weight is 295 g/mol. The summed E-state index contributed by atoms with van der Waals surface area (Å²) in [4.78, 5) is 24.0. The average Bonchev–Trinajstić information content (AvgIpc) is 3.05. The van der Waals surface area contributed by atoms with Crippen LogP contribution in [0.15, 0.2) is 17.5 Å². The van der Waals surface area contributed by atoms with Crippen molar-refractivity contribution in [2.24, 2.45) is 0 Å². The van der Waals surface area contributed by atoms with E-state index in [0.717, 1.165) is 23.3 Å². The summed E-state index contributed by atoms with van der Waals surface area (Å²) in [6.45, 7) is -0.0291. The Morgan fingerprint density at radius 1 is 1.40 bits per heavy atom. The molecule has 1 fully saturated rings. The van der Waals surface area contributed by atoms with Gasteiger partial charge in [0, 0.05) is 11.0 Å². The van der Waals surface area contributed by atoms with Crippen LogP contribution >= 0.6 is 11.3 Å². The van der Waals surface area contributed by atoms with Crippen LogP contribution in [0.5, 0.6) is 0 Å². The maximum absolute atomic E-state index is 11.9. The molecule has 1 aliphatic rings. The zero-order valence-corrected chi connectivity index (χ0v) is 11.8. The number of nitrogens with one attached hydrogen (secondary N) is 1. The van der Waals surface area contributed by atoms with Gasteiger partial charge in [-0.15, -0.1) is 11.3 Å². The normalized spacial score (nSPS) is 17.4. The van der Waals surface area contributed by atoms with Crippen LogP contribution in [-0.4, -0.2) is 27.6 Å². The second-order valence-electron chi connectivity index (χ2n) is 4.93.